The zero-order chi connectivity index (χ0) is 13.8. The zero-order valence-electron chi connectivity index (χ0n) is 11.1. The lowest BCUT2D eigenvalue weighted by Crippen LogP contribution is -2.31. The van der Waals surface area contributed by atoms with Crippen molar-refractivity contribution < 1.29 is 14.3 Å². The van der Waals surface area contributed by atoms with Crippen LogP contribution in [0.4, 0.5) is 0 Å². The minimum atomic E-state index is -0.463. The Hall–Kier alpha value is -1.07. The van der Waals surface area contributed by atoms with Crippen molar-refractivity contribution in [2.75, 3.05) is 20.8 Å². The fourth-order valence-electron chi connectivity index (χ4n) is 1.91. The molecule has 2 rings (SSSR count). The van der Waals surface area contributed by atoms with Gasteiger partial charge in [-0.15, -0.1) is 0 Å². The molecule has 0 spiro atoms. The second-order valence-corrected chi connectivity index (χ2v) is 5.55. The van der Waals surface area contributed by atoms with Crippen molar-refractivity contribution in [3.63, 3.8) is 0 Å². The fraction of sp³-hybridized carbons (Fsp3) is 0.500. The van der Waals surface area contributed by atoms with Gasteiger partial charge in [0.25, 0.3) is 0 Å². The van der Waals surface area contributed by atoms with Crippen molar-refractivity contribution in [3.8, 4) is 5.75 Å². The van der Waals surface area contributed by atoms with Crippen LogP contribution in [0, 0.1) is 5.92 Å². The molecular weight excluding hydrogens is 310 g/mol. The van der Waals surface area contributed by atoms with Crippen molar-refractivity contribution in [1.29, 1.82) is 0 Å². The molecule has 0 saturated heterocycles. The summed E-state index contributed by atoms with van der Waals surface area (Å²) in [5, 5.41) is 3.28. The summed E-state index contributed by atoms with van der Waals surface area (Å²) in [5.41, 5.74) is 0.840. The molecule has 0 bridgehead atoms. The SMILES string of the molecule is COC(=O)C(NCC1CC1)c1cc(OC)ccc1Br. The average Bonchev–Trinajstić information content (AvgIpc) is 3.24. The third kappa shape index (κ3) is 3.70. The van der Waals surface area contributed by atoms with Gasteiger partial charge in [0.2, 0.25) is 0 Å². The third-order valence-corrected chi connectivity index (χ3v) is 3.98. The molecule has 0 heterocycles. The first-order valence-electron chi connectivity index (χ1n) is 6.30. The van der Waals surface area contributed by atoms with Crippen molar-refractivity contribution in [2.24, 2.45) is 5.92 Å². The largest absolute Gasteiger partial charge is 0.497 e. The molecule has 1 atom stereocenters. The smallest absolute Gasteiger partial charge is 0.327 e. The van der Waals surface area contributed by atoms with Gasteiger partial charge in [-0.1, -0.05) is 15.9 Å². The number of rotatable bonds is 6. The van der Waals surface area contributed by atoms with E-state index in [1.165, 1.54) is 20.0 Å². The molecule has 1 fully saturated rings. The lowest BCUT2D eigenvalue weighted by Gasteiger charge is -2.18. The van der Waals surface area contributed by atoms with Crippen molar-refractivity contribution in [2.45, 2.75) is 18.9 Å². The van der Waals surface area contributed by atoms with Gasteiger partial charge in [0.05, 0.1) is 14.2 Å². The lowest BCUT2D eigenvalue weighted by atomic mass is 10.1. The van der Waals surface area contributed by atoms with E-state index in [-0.39, 0.29) is 5.97 Å². The summed E-state index contributed by atoms with van der Waals surface area (Å²) >= 11 is 3.48. The van der Waals surface area contributed by atoms with E-state index in [1.807, 2.05) is 18.2 Å². The van der Waals surface area contributed by atoms with Gasteiger partial charge >= 0.3 is 5.97 Å². The summed E-state index contributed by atoms with van der Waals surface area (Å²) in [6, 6.07) is 5.12. The van der Waals surface area contributed by atoms with Crippen LogP contribution in [0.1, 0.15) is 24.4 Å². The second kappa shape index (κ2) is 6.39. The molecular formula is C14H18BrNO3. The summed E-state index contributed by atoms with van der Waals surface area (Å²) in [6.45, 7) is 0.837. The number of esters is 1. The molecule has 1 aromatic carbocycles. The molecule has 104 valence electrons. The Labute approximate surface area is 121 Å². The van der Waals surface area contributed by atoms with Crippen LogP contribution in [-0.4, -0.2) is 26.7 Å². The summed E-state index contributed by atoms with van der Waals surface area (Å²) in [6.07, 6.45) is 2.47. The van der Waals surface area contributed by atoms with E-state index in [9.17, 15) is 4.79 Å². The number of methoxy groups -OCH3 is 2. The van der Waals surface area contributed by atoms with Gasteiger partial charge in [0.15, 0.2) is 0 Å². The van der Waals surface area contributed by atoms with Crippen LogP contribution < -0.4 is 10.1 Å². The topological polar surface area (TPSA) is 47.6 Å². The van der Waals surface area contributed by atoms with E-state index in [4.69, 9.17) is 9.47 Å². The molecule has 1 N–H and O–H groups in total. The molecule has 0 radical (unpaired) electrons. The van der Waals surface area contributed by atoms with E-state index in [2.05, 4.69) is 21.2 Å². The molecule has 1 saturated carbocycles. The van der Waals surface area contributed by atoms with Gasteiger partial charge in [0, 0.05) is 4.47 Å². The van der Waals surface area contributed by atoms with Crippen LogP contribution in [0.3, 0.4) is 0 Å². The molecule has 0 aliphatic heterocycles. The summed E-state index contributed by atoms with van der Waals surface area (Å²) in [4.78, 5) is 12.0. The van der Waals surface area contributed by atoms with E-state index in [0.29, 0.717) is 5.92 Å². The first-order valence-corrected chi connectivity index (χ1v) is 7.09. The minimum Gasteiger partial charge on any atom is -0.497 e. The minimum absolute atomic E-state index is 0.283. The predicted octanol–water partition coefficient (Wildman–Crippen LogP) is 2.67. The highest BCUT2D eigenvalue weighted by Crippen LogP contribution is 2.31. The quantitative estimate of drug-likeness (QED) is 0.816. The second-order valence-electron chi connectivity index (χ2n) is 4.70. The molecule has 19 heavy (non-hydrogen) atoms. The molecule has 0 aromatic heterocycles. The number of carbonyl (C=O) groups excluding carboxylic acids is 1. The maximum absolute atomic E-state index is 12.0. The van der Waals surface area contributed by atoms with Gasteiger partial charge in [-0.25, -0.2) is 4.79 Å². The monoisotopic (exact) mass is 327 g/mol. The summed E-state index contributed by atoms with van der Waals surface area (Å²) in [5.74, 6) is 1.13. The van der Waals surface area contributed by atoms with Crippen LogP contribution in [0.15, 0.2) is 22.7 Å². The summed E-state index contributed by atoms with van der Waals surface area (Å²) in [7, 11) is 3.01. The molecule has 1 aliphatic carbocycles. The Morgan fingerprint density at radius 2 is 2.21 bits per heavy atom. The van der Waals surface area contributed by atoms with Gasteiger partial charge in [-0.3, -0.25) is 0 Å². The molecule has 0 amide bonds. The third-order valence-electron chi connectivity index (χ3n) is 3.26. The molecule has 5 heteroatoms. The van der Waals surface area contributed by atoms with Gasteiger partial charge in [0.1, 0.15) is 11.8 Å². The average molecular weight is 328 g/mol. The Bertz CT molecular complexity index is 460. The lowest BCUT2D eigenvalue weighted by molar-refractivity contribution is -0.143. The number of hydrogen-bond donors (Lipinski definition) is 1. The van der Waals surface area contributed by atoms with Crippen LogP contribution in [0.5, 0.6) is 5.75 Å². The normalized spacial score (nSPS) is 15.9. The first kappa shape index (κ1) is 14.3. The van der Waals surface area contributed by atoms with E-state index >= 15 is 0 Å². The molecule has 1 aliphatic rings. The highest BCUT2D eigenvalue weighted by molar-refractivity contribution is 9.10. The number of carbonyl (C=O) groups is 1. The Morgan fingerprint density at radius 1 is 1.47 bits per heavy atom. The predicted molar refractivity (Wildman–Crippen MR) is 76.2 cm³/mol. The van der Waals surface area contributed by atoms with E-state index in [1.54, 1.807) is 7.11 Å². The Kier molecular flexibility index (Phi) is 4.82. The van der Waals surface area contributed by atoms with Crippen molar-refractivity contribution in [1.82, 2.24) is 5.32 Å². The van der Waals surface area contributed by atoms with Gasteiger partial charge in [-0.2, -0.15) is 0 Å². The highest BCUT2D eigenvalue weighted by Gasteiger charge is 2.28. The van der Waals surface area contributed by atoms with Crippen molar-refractivity contribution >= 4 is 21.9 Å². The van der Waals surface area contributed by atoms with Crippen LogP contribution >= 0.6 is 15.9 Å². The Morgan fingerprint density at radius 3 is 2.79 bits per heavy atom. The summed E-state index contributed by atoms with van der Waals surface area (Å²) < 4.78 is 11.0. The number of halogens is 1. The van der Waals surface area contributed by atoms with Gasteiger partial charge < -0.3 is 14.8 Å². The van der Waals surface area contributed by atoms with Crippen LogP contribution in [-0.2, 0) is 9.53 Å². The highest BCUT2D eigenvalue weighted by atomic mass is 79.9. The number of benzene rings is 1. The molecule has 4 nitrogen and oxygen atoms in total. The standard InChI is InChI=1S/C14H18BrNO3/c1-18-10-5-6-12(15)11(7-10)13(14(17)19-2)16-8-9-3-4-9/h5-7,9,13,16H,3-4,8H2,1-2H3. The first-order chi connectivity index (χ1) is 9.15. The molecule has 1 aromatic rings. The van der Waals surface area contributed by atoms with E-state index < -0.39 is 6.04 Å². The fourth-order valence-corrected chi connectivity index (χ4v) is 2.39. The maximum atomic E-state index is 12.0. The molecule has 1 unspecified atom stereocenters. The van der Waals surface area contributed by atoms with Crippen LogP contribution in [0.2, 0.25) is 0 Å². The maximum Gasteiger partial charge on any atom is 0.327 e. The van der Waals surface area contributed by atoms with Crippen LogP contribution in [0.25, 0.3) is 0 Å². The van der Waals surface area contributed by atoms with Crippen molar-refractivity contribution in [3.05, 3.63) is 28.2 Å². The van der Waals surface area contributed by atoms with E-state index in [0.717, 1.165) is 22.3 Å². The number of ether oxygens (including phenoxy) is 2. The van der Waals surface area contributed by atoms with Gasteiger partial charge in [-0.05, 0) is 49.1 Å². The zero-order valence-corrected chi connectivity index (χ0v) is 12.7. The Balaban J connectivity index is 2.21. The number of hydrogen-bond acceptors (Lipinski definition) is 4. The number of nitrogens with one attached hydrogen (secondary N) is 1.